The first kappa shape index (κ1) is 20.1. The molecule has 2 aliphatic rings. The maximum atomic E-state index is 12.9. The first-order valence-corrected chi connectivity index (χ1v) is 9.59. The van der Waals surface area contributed by atoms with E-state index in [0.29, 0.717) is 18.2 Å². The number of thiazole rings is 1. The first-order chi connectivity index (χ1) is 11.4. The number of fused-ring (bicyclic) bond motifs is 1. The van der Waals surface area contributed by atoms with E-state index in [2.05, 4.69) is 18.8 Å². The Bertz CT molecular complexity index is 636. The summed E-state index contributed by atoms with van der Waals surface area (Å²) in [5.41, 5.74) is 6.59. The van der Waals surface area contributed by atoms with Gasteiger partial charge < -0.3 is 15.5 Å². The van der Waals surface area contributed by atoms with Crippen LogP contribution in [-0.4, -0.2) is 51.8 Å². The number of nitrogens with two attached hydrogens (primary N) is 1. The summed E-state index contributed by atoms with van der Waals surface area (Å²) in [4.78, 5) is 33.4. The van der Waals surface area contributed by atoms with Crippen LogP contribution in [0.4, 0.5) is 0 Å². The molecule has 25 heavy (non-hydrogen) atoms. The van der Waals surface area contributed by atoms with E-state index in [1.807, 2.05) is 11.8 Å². The Morgan fingerprint density at radius 1 is 1.48 bits per heavy atom. The molecule has 1 aromatic heterocycles. The summed E-state index contributed by atoms with van der Waals surface area (Å²) in [7, 11) is 0. The van der Waals surface area contributed by atoms with Crippen molar-refractivity contribution in [3.8, 4) is 0 Å². The molecule has 2 saturated heterocycles. The van der Waals surface area contributed by atoms with Crippen molar-refractivity contribution in [2.24, 2.45) is 11.7 Å². The van der Waals surface area contributed by atoms with Gasteiger partial charge in [-0.15, -0.1) is 23.7 Å². The first-order valence-electron chi connectivity index (χ1n) is 8.71. The van der Waals surface area contributed by atoms with E-state index in [0.717, 1.165) is 30.8 Å². The second-order valence-corrected chi connectivity index (χ2v) is 8.16. The molecule has 2 N–H and O–H groups in total. The minimum Gasteiger partial charge on any atom is -0.336 e. The van der Waals surface area contributed by atoms with Gasteiger partial charge >= 0.3 is 0 Å². The number of carbonyl (C=O) groups is 2. The van der Waals surface area contributed by atoms with Crippen molar-refractivity contribution < 1.29 is 9.59 Å². The molecule has 0 radical (unpaired) electrons. The highest BCUT2D eigenvalue weighted by atomic mass is 35.5. The van der Waals surface area contributed by atoms with Crippen molar-refractivity contribution in [1.29, 1.82) is 0 Å². The third kappa shape index (κ3) is 3.99. The molecule has 140 valence electrons. The average Bonchev–Trinajstić information content (AvgIpc) is 3.18. The van der Waals surface area contributed by atoms with Crippen molar-refractivity contribution >= 4 is 35.6 Å². The second kappa shape index (κ2) is 8.01. The van der Waals surface area contributed by atoms with E-state index < -0.39 is 6.04 Å². The summed E-state index contributed by atoms with van der Waals surface area (Å²) in [5, 5.41) is 2.57. The lowest BCUT2D eigenvalue weighted by Crippen LogP contribution is -2.60. The molecule has 0 aromatic carbocycles. The lowest BCUT2D eigenvalue weighted by atomic mass is 10.1. The van der Waals surface area contributed by atoms with Crippen LogP contribution in [0.25, 0.3) is 0 Å². The van der Waals surface area contributed by atoms with Gasteiger partial charge in [-0.1, -0.05) is 13.8 Å². The van der Waals surface area contributed by atoms with Gasteiger partial charge in [0.1, 0.15) is 16.7 Å². The highest BCUT2D eigenvalue weighted by Crippen LogP contribution is 2.28. The van der Waals surface area contributed by atoms with Crippen LogP contribution in [0.1, 0.15) is 61.6 Å². The summed E-state index contributed by atoms with van der Waals surface area (Å²) in [5.74, 6) is 0.391. The number of carbonyl (C=O) groups excluding carboxylic acids is 2. The lowest BCUT2D eigenvalue weighted by molar-refractivity contribution is -0.141. The smallest absolute Gasteiger partial charge is 0.274 e. The van der Waals surface area contributed by atoms with Gasteiger partial charge in [0.2, 0.25) is 5.91 Å². The Balaban J connectivity index is 0.00000225. The summed E-state index contributed by atoms with van der Waals surface area (Å²) in [6, 6.07) is -0.387. The fourth-order valence-corrected chi connectivity index (χ4v) is 4.45. The molecule has 2 aliphatic heterocycles. The fraction of sp³-hybridized carbons (Fsp3) is 0.706. The highest BCUT2D eigenvalue weighted by Gasteiger charge is 2.42. The van der Waals surface area contributed by atoms with E-state index in [9.17, 15) is 9.59 Å². The van der Waals surface area contributed by atoms with Crippen molar-refractivity contribution in [3.63, 3.8) is 0 Å². The zero-order valence-corrected chi connectivity index (χ0v) is 16.6. The minimum absolute atomic E-state index is 0. The molecular formula is C17H27ClN4O2S. The van der Waals surface area contributed by atoms with Crippen molar-refractivity contribution in [3.05, 3.63) is 16.1 Å². The predicted octanol–water partition coefficient (Wildman–Crippen LogP) is 2.45. The minimum atomic E-state index is -0.415. The maximum absolute atomic E-state index is 12.9. The van der Waals surface area contributed by atoms with Gasteiger partial charge in [0, 0.05) is 24.5 Å². The average molecular weight is 387 g/mol. The molecule has 0 unspecified atom stereocenters. The molecule has 0 aliphatic carbocycles. The van der Waals surface area contributed by atoms with Crippen LogP contribution >= 0.6 is 23.7 Å². The van der Waals surface area contributed by atoms with E-state index in [-0.39, 0.29) is 36.3 Å². The van der Waals surface area contributed by atoms with Gasteiger partial charge in [-0.05, 0) is 32.1 Å². The van der Waals surface area contributed by atoms with Gasteiger partial charge in [0.25, 0.3) is 5.91 Å². The van der Waals surface area contributed by atoms with Crippen LogP contribution in [0.2, 0.25) is 0 Å². The molecule has 3 rings (SSSR count). The standard InChI is InChI=1S/C17H26N4O2S.ClH/c1-10(2)7-13(18)15-19-14(9-24-15)17(23)21-8-12-5-4-6-20(12)16(22)11(21)3;/h9-13H,4-8,18H2,1-3H3;1H/t11-,12-,13-;/m0./s1. The van der Waals surface area contributed by atoms with Crippen LogP contribution in [-0.2, 0) is 4.79 Å². The zero-order chi connectivity index (χ0) is 17.4. The molecule has 0 spiro atoms. The number of hydrogen-bond donors (Lipinski definition) is 1. The number of nitrogens with zero attached hydrogens (tertiary/aromatic N) is 3. The Kier molecular flexibility index (Phi) is 6.45. The molecule has 3 heterocycles. The van der Waals surface area contributed by atoms with Crippen LogP contribution in [0, 0.1) is 5.92 Å². The molecular weight excluding hydrogens is 360 g/mol. The number of rotatable bonds is 4. The number of aromatic nitrogens is 1. The summed E-state index contributed by atoms with van der Waals surface area (Å²) >= 11 is 1.43. The number of halogens is 1. The maximum Gasteiger partial charge on any atom is 0.274 e. The van der Waals surface area contributed by atoms with Gasteiger partial charge in [0.05, 0.1) is 6.04 Å². The summed E-state index contributed by atoms with van der Waals surface area (Å²) in [6.45, 7) is 7.48. The van der Waals surface area contributed by atoms with Gasteiger partial charge in [-0.3, -0.25) is 9.59 Å². The monoisotopic (exact) mass is 386 g/mol. The largest absolute Gasteiger partial charge is 0.336 e. The predicted molar refractivity (Wildman–Crippen MR) is 101 cm³/mol. The second-order valence-electron chi connectivity index (χ2n) is 7.27. The molecule has 0 bridgehead atoms. The third-order valence-corrected chi connectivity index (χ3v) is 5.91. The lowest BCUT2D eigenvalue weighted by Gasteiger charge is -2.41. The van der Waals surface area contributed by atoms with Gasteiger partial charge in [0.15, 0.2) is 0 Å². The molecule has 0 saturated carbocycles. The van der Waals surface area contributed by atoms with Crippen LogP contribution in [0.5, 0.6) is 0 Å². The highest BCUT2D eigenvalue weighted by molar-refractivity contribution is 7.09. The molecule has 6 nitrogen and oxygen atoms in total. The van der Waals surface area contributed by atoms with Crippen LogP contribution in [0.15, 0.2) is 5.38 Å². The van der Waals surface area contributed by atoms with Crippen molar-refractivity contribution in [2.75, 3.05) is 13.1 Å². The van der Waals surface area contributed by atoms with E-state index in [1.165, 1.54) is 11.3 Å². The Morgan fingerprint density at radius 2 is 2.20 bits per heavy atom. The number of hydrogen-bond acceptors (Lipinski definition) is 5. The topological polar surface area (TPSA) is 79.5 Å². The zero-order valence-electron chi connectivity index (χ0n) is 15.0. The van der Waals surface area contributed by atoms with E-state index in [4.69, 9.17) is 5.73 Å². The van der Waals surface area contributed by atoms with Gasteiger partial charge in [-0.25, -0.2) is 4.98 Å². The normalized spacial score (nSPS) is 24.3. The number of piperazine rings is 1. The van der Waals surface area contributed by atoms with E-state index in [1.54, 1.807) is 10.3 Å². The van der Waals surface area contributed by atoms with Crippen molar-refractivity contribution in [2.45, 2.75) is 58.2 Å². The third-order valence-electron chi connectivity index (χ3n) is 4.94. The SMILES string of the molecule is CC(C)C[C@H](N)c1nc(C(=O)N2C[C@@H]3CCCN3C(=O)[C@@H]2C)cs1.Cl. The Morgan fingerprint density at radius 3 is 2.88 bits per heavy atom. The molecule has 2 amide bonds. The van der Waals surface area contributed by atoms with Gasteiger partial charge in [-0.2, -0.15) is 0 Å². The Labute approximate surface area is 159 Å². The van der Waals surface area contributed by atoms with Crippen LogP contribution in [0.3, 0.4) is 0 Å². The number of amides is 2. The molecule has 8 heteroatoms. The van der Waals surface area contributed by atoms with Crippen molar-refractivity contribution in [1.82, 2.24) is 14.8 Å². The van der Waals surface area contributed by atoms with Crippen LogP contribution < -0.4 is 5.73 Å². The molecule has 2 fully saturated rings. The molecule has 1 aromatic rings. The molecule has 3 atom stereocenters. The van der Waals surface area contributed by atoms with E-state index >= 15 is 0 Å². The summed E-state index contributed by atoms with van der Waals surface area (Å²) in [6.07, 6.45) is 2.84. The Hall–Kier alpha value is -1.18. The fourth-order valence-electron chi connectivity index (χ4n) is 3.64. The summed E-state index contributed by atoms with van der Waals surface area (Å²) < 4.78 is 0. The quantitative estimate of drug-likeness (QED) is 0.861.